The van der Waals surface area contributed by atoms with E-state index in [0.29, 0.717) is 5.92 Å². The molecule has 6 rings (SSSR count). The Hall–Kier alpha value is -2.52. The molecular formula is C42H43Cl2F3Zr-2. The molecule has 0 amide bonds. The molecule has 2 aliphatic carbocycles. The van der Waals surface area contributed by atoms with Crippen LogP contribution in [-0.2, 0) is 47.7 Å². The zero-order chi connectivity index (χ0) is 33.9. The number of allylic oxidation sites excluding steroid dienone is 4. The van der Waals surface area contributed by atoms with Crippen molar-refractivity contribution in [3.8, 4) is 11.1 Å². The molecule has 6 heteroatoms. The molecule has 0 aliphatic heterocycles. The van der Waals surface area contributed by atoms with E-state index < -0.39 is 11.7 Å². The van der Waals surface area contributed by atoms with Gasteiger partial charge in [0.2, 0.25) is 0 Å². The smallest absolute Gasteiger partial charge is 1.00 e. The fraction of sp³-hybridized carbons (Fsp3) is 0.310. The van der Waals surface area contributed by atoms with Crippen molar-refractivity contribution in [1.29, 1.82) is 0 Å². The average Bonchev–Trinajstić information content (AvgIpc) is 3.54. The van der Waals surface area contributed by atoms with Gasteiger partial charge in [0, 0.05) is 0 Å². The molecule has 0 saturated carbocycles. The third-order valence-electron chi connectivity index (χ3n) is 8.22. The standard InChI is InChI=1S/C21H25.C13H13.C8H5F3.2ClH.Zr/c1-20(2,3)16-7-9-18-14(12-16)11-15-13-17(21(4,5)6)8-10-19(15)18;1-10-8-11(2)13(9-10)12-6-4-3-5-7-12;1-6-2-4-7(5-3-6)8(9,10)11;;;/h7-10,12H,11H2,1-6H3;3-7,9-10H,1-2H3;1-5H;2*1H;/q2*-1;;;;+2/p-2. The van der Waals surface area contributed by atoms with Crippen molar-refractivity contribution in [3.05, 3.63) is 148 Å². The average molecular weight is 767 g/mol. The van der Waals surface area contributed by atoms with E-state index in [9.17, 15) is 13.2 Å². The molecule has 48 heavy (non-hydrogen) atoms. The van der Waals surface area contributed by atoms with Crippen LogP contribution in [-0.4, -0.2) is 3.71 Å². The van der Waals surface area contributed by atoms with Gasteiger partial charge in [0.15, 0.2) is 0 Å². The van der Waals surface area contributed by atoms with Crippen molar-refractivity contribution in [2.45, 2.75) is 78.8 Å². The molecule has 0 radical (unpaired) electrons. The van der Waals surface area contributed by atoms with Gasteiger partial charge in [-0.1, -0.05) is 115 Å². The topological polar surface area (TPSA) is 0 Å². The number of alkyl halides is 3. The third kappa shape index (κ3) is 10.7. The summed E-state index contributed by atoms with van der Waals surface area (Å²) in [6.45, 7) is 17.9. The fourth-order valence-corrected chi connectivity index (χ4v) is 6.04. The third-order valence-corrected chi connectivity index (χ3v) is 9.04. The maximum atomic E-state index is 12.0. The zero-order valence-electron chi connectivity index (χ0n) is 28.9. The van der Waals surface area contributed by atoms with Crippen LogP contribution in [0.15, 0.2) is 96.6 Å². The van der Waals surface area contributed by atoms with Gasteiger partial charge in [-0.15, -0.1) is 16.7 Å². The Morgan fingerprint density at radius 2 is 1.33 bits per heavy atom. The van der Waals surface area contributed by atoms with Crippen molar-refractivity contribution < 1.29 is 62.2 Å². The van der Waals surface area contributed by atoms with Crippen LogP contribution in [0, 0.1) is 18.1 Å². The molecule has 0 heterocycles. The second kappa shape index (κ2) is 16.9. The number of rotatable bonds is 2. The summed E-state index contributed by atoms with van der Waals surface area (Å²) < 4.78 is 37.9. The Balaban J connectivity index is 0.000000259. The van der Waals surface area contributed by atoms with Gasteiger partial charge in [-0.25, -0.2) is 5.57 Å². The number of fused-ring (bicyclic) bond motifs is 3. The molecule has 0 aromatic heterocycles. The van der Waals surface area contributed by atoms with Crippen LogP contribution in [0.1, 0.15) is 94.3 Å². The molecule has 0 fully saturated rings. The summed E-state index contributed by atoms with van der Waals surface area (Å²) in [5.41, 5.74) is 12.9. The van der Waals surface area contributed by atoms with E-state index in [-0.39, 0.29) is 35.6 Å². The van der Waals surface area contributed by atoms with Crippen LogP contribution in [0.5, 0.6) is 0 Å². The SMILES string of the molecule is CC(C)(C)c1[c-]c2c(cc1)-c1ccc(C(C)(C)C)cc1C2.CC1=[C-]C(C)C=C1c1ccccc1.FC(F)(F)c1ccc([CH]=[Zr+2])cc1.[Cl-].[Cl-]. The Bertz CT molecular complexity index is 1680. The first-order valence-corrected chi connectivity index (χ1v) is 17.1. The van der Waals surface area contributed by atoms with E-state index in [1.54, 1.807) is 0 Å². The maximum absolute atomic E-state index is 12.0. The first-order valence-electron chi connectivity index (χ1n) is 15.7. The normalized spacial score (nSPS) is 14.7. The van der Waals surface area contributed by atoms with Crippen molar-refractivity contribution in [3.63, 3.8) is 0 Å². The first kappa shape index (κ1) is 41.7. The van der Waals surface area contributed by atoms with Gasteiger partial charge < -0.3 is 24.8 Å². The largest absolute Gasteiger partial charge is 1.00 e. The van der Waals surface area contributed by atoms with Crippen LogP contribution >= 0.6 is 0 Å². The summed E-state index contributed by atoms with van der Waals surface area (Å²) in [5.74, 6) is 0.468. The second-order valence-corrected chi connectivity index (χ2v) is 14.8. The first-order chi connectivity index (χ1) is 21.5. The predicted octanol–water partition coefficient (Wildman–Crippen LogP) is 5.53. The van der Waals surface area contributed by atoms with E-state index in [1.165, 1.54) is 86.5 Å². The summed E-state index contributed by atoms with van der Waals surface area (Å²) >= 11 is 1.18. The van der Waals surface area contributed by atoms with Crippen molar-refractivity contribution in [1.82, 2.24) is 0 Å². The van der Waals surface area contributed by atoms with Crippen molar-refractivity contribution in [2.24, 2.45) is 5.92 Å². The predicted molar refractivity (Wildman–Crippen MR) is 184 cm³/mol. The number of benzene rings is 4. The fourth-order valence-electron chi connectivity index (χ4n) is 5.56. The van der Waals surface area contributed by atoms with Gasteiger partial charge in [0.25, 0.3) is 0 Å². The molecule has 0 bridgehead atoms. The zero-order valence-corrected chi connectivity index (χ0v) is 32.9. The number of hydrogen-bond donors (Lipinski definition) is 0. The molecular weight excluding hydrogens is 724 g/mol. The van der Waals surface area contributed by atoms with Crippen LogP contribution < -0.4 is 24.8 Å². The van der Waals surface area contributed by atoms with Gasteiger partial charge in [-0.05, 0) is 28.4 Å². The van der Waals surface area contributed by atoms with Gasteiger partial charge in [-0.3, -0.25) is 6.08 Å². The van der Waals surface area contributed by atoms with E-state index in [0.717, 1.165) is 24.1 Å². The molecule has 0 N–H and O–H groups in total. The molecule has 0 nitrogen and oxygen atoms in total. The summed E-state index contributed by atoms with van der Waals surface area (Å²) in [6.07, 6.45) is 2.46. The van der Waals surface area contributed by atoms with Crippen LogP contribution in [0.25, 0.3) is 16.7 Å². The molecule has 1 atom stereocenters. The Morgan fingerprint density at radius 3 is 1.83 bits per heavy atom. The quantitative estimate of drug-likeness (QED) is 0.208. The molecule has 252 valence electrons. The minimum atomic E-state index is -4.22. The van der Waals surface area contributed by atoms with Crippen LogP contribution in [0.3, 0.4) is 0 Å². The Kier molecular flexibility index (Phi) is 14.7. The Labute approximate surface area is 313 Å². The number of halogens is 5. The molecule has 4 aromatic carbocycles. The van der Waals surface area contributed by atoms with E-state index in [1.807, 2.05) is 9.78 Å². The number of hydrogen-bond acceptors (Lipinski definition) is 0. The minimum Gasteiger partial charge on any atom is -1.00 e. The molecule has 4 aromatic rings. The van der Waals surface area contributed by atoms with E-state index >= 15 is 0 Å². The van der Waals surface area contributed by atoms with Gasteiger partial charge in [0.1, 0.15) is 0 Å². The van der Waals surface area contributed by atoms with E-state index in [2.05, 4.69) is 128 Å². The molecule has 0 saturated heterocycles. The monoisotopic (exact) mass is 764 g/mol. The van der Waals surface area contributed by atoms with Crippen molar-refractivity contribution in [2.75, 3.05) is 0 Å². The molecule has 2 aliphatic rings. The van der Waals surface area contributed by atoms with Gasteiger partial charge in [0.05, 0.1) is 0 Å². The molecule has 1 unspecified atom stereocenters. The van der Waals surface area contributed by atoms with Gasteiger partial charge >= 0.3 is 82.7 Å². The Morgan fingerprint density at radius 1 is 0.750 bits per heavy atom. The summed E-state index contributed by atoms with van der Waals surface area (Å²) in [5, 5.41) is 0. The van der Waals surface area contributed by atoms with Gasteiger partial charge in [-0.2, -0.15) is 35.4 Å². The van der Waals surface area contributed by atoms with Crippen molar-refractivity contribution >= 4 is 9.28 Å². The second-order valence-electron chi connectivity index (χ2n) is 14.1. The van der Waals surface area contributed by atoms with E-state index in [4.69, 9.17) is 0 Å². The summed E-state index contributed by atoms with van der Waals surface area (Å²) in [7, 11) is 0. The van der Waals surface area contributed by atoms with Crippen LogP contribution in [0.2, 0.25) is 0 Å². The summed E-state index contributed by atoms with van der Waals surface area (Å²) in [4.78, 5) is 0. The maximum Gasteiger partial charge on any atom is -1.00 e. The summed E-state index contributed by atoms with van der Waals surface area (Å²) in [6, 6.07) is 30.8. The molecule has 0 spiro atoms. The minimum absolute atomic E-state index is 0. The van der Waals surface area contributed by atoms with Crippen LogP contribution in [0.4, 0.5) is 13.2 Å².